The molecule has 0 spiro atoms. The average molecular weight is 374 g/mol. The summed E-state index contributed by atoms with van der Waals surface area (Å²) in [6, 6.07) is 15.6. The maximum absolute atomic E-state index is 13.0. The third-order valence-electron chi connectivity index (χ3n) is 6.07. The molecule has 6 rings (SSSR count). The van der Waals surface area contributed by atoms with Crippen molar-refractivity contribution in [2.24, 2.45) is 11.8 Å². The second-order valence-corrected chi connectivity index (χ2v) is 7.61. The van der Waals surface area contributed by atoms with Crippen molar-refractivity contribution in [2.75, 3.05) is 16.5 Å². The topological polar surface area (TPSA) is 59.1 Å². The third kappa shape index (κ3) is 2.12. The Balaban J connectivity index is 1.32. The molecule has 4 aliphatic heterocycles. The van der Waals surface area contributed by atoms with Gasteiger partial charge in [-0.3, -0.25) is 9.59 Å². The molecule has 6 heteroatoms. The lowest BCUT2D eigenvalue weighted by Crippen LogP contribution is -2.35. The Morgan fingerprint density at radius 2 is 1.57 bits per heavy atom. The number of ether oxygens (including phenoxy) is 2. The van der Waals surface area contributed by atoms with Crippen LogP contribution in [0.2, 0.25) is 0 Å². The zero-order valence-corrected chi connectivity index (χ0v) is 15.0. The summed E-state index contributed by atoms with van der Waals surface area (Å²) >= 11 is 0. The molecule has 6 nitrogen and oxygen atoms in total. The van der Waals surface area contributed by atoms with Gasteiger partial charge in [-0.2, -0.15) is 0 Å². The first-order chi connectivity index (χ1) is 13.7. The van der Waals surface area contributed by atoms with Gasteiger partial charge >= 0.3 is 0 Å². The van der Waals surface area contributed by atoms with Crippen molar-refractivity contribution in [2.45, 2.75) is 18.8 Å². The van der Waals surface area contributed by atoms with Crippen LogP contribution in [0.5, 0.6) is 5.75 Å². The highest BCUT2D eigenvalue weighted by atomic mass is 16.5. The Morgan fingerprint density at radius 3 is 2.29 bits per heavy atom. The van der Waals surface area contributed by atoms with Crippen LogP contribution in [0.4, 0.5) is 11.4 Å². The second-order valence-electron chi connectivity index (χ2n) is 7.61. The highest BCUT2D eigenvalue weighted by molar-refractivity contribution is 6.23. The van der Waals surface area contributed by atoms with Gasteiger partial charge in [-0.25, -0.2) is 4.90 Å². The molecule has 0 saturated carbocycles. The number of rotatable bonds is 2. The highest BCUT2D eigenvalue weighted by Gasteiger charge is 2.61. The number of imide groups is 1. The van der Waals surface area contributed by atoms with Gasteiger partial charge in [-0.1, -0.05) is 30.4 Å². The van der Waals surface area contributed by atoms with Gasteiger partial charge in [0.25, 0.3) is 0 Å². The molecule has 28 heavy (non-hydrogen) atoms. The Morgan fingerprint density at radius 1 is 0.857 bits per heavy atom. The van der Waals surface area contributed by atoms with E-state index in [9.17, 15) is 9.59 Å². The van der Waals surface area contributed by atoms with E-state index in [0.29, 0.717) is 19.0 Å². The molecule has 4 aliphatic rings. The molecule has 4 atom stereocenters. The molecule has 140 valence electrons. The van der Waals surface area contributed by atoms with Crippen molar-refractivity contribution in [1.82, 2.24) is 0 Å². The Labute approximate surface area is 161 Å². The number of carbonyl (C=O) groups is 2. The summed E-state index contributed by atoms with van der Waals surface area (Å²) in [4.78, 5) is 29.4. The van der Waals surface area contributed by atoms with Crippen LogP contribution in [-0.2, 0) is 20.9 Å². The lowest BCUT2D eigenvalue weighted by Gasteiger charge is -2.31. The number of para-hydroxylation sites is 1. The number of hydrogen-bond acceptors (Lipinski definition) is 5. The van der Waals surface area contributed by atoms with Crippen molar-refractivity contribution in [1.29, 1.82) is 0 Å². The van der Waals surface area contributed by atoms with E-state index in [1.807, 2.05) is 54.6 Å². The van der Waals surface area contributed by atoms with Crippen molar-refractivity contribution in [3.63, 3.8) is 0 Å². The van der Waals surface area contributed by atoms with E-state index in [1.165, 1.54) is 4.90 Å². The summed E-state index contributed by atoms with van der Waals surface area (Å²) in [6.07, 6.45) is 3.26. The fraction of sp³-hybridized carbons (Fsp3) is 0.273. The van der Waals surface area contributed by atoms with Crippen LogP contribution in [0.1, 0.15) is 5.56 Å². The molecule has 0 aliphatic carbocycles. The molecule has 4 heterocycles. The smallest absolute Gasteiger partial charge is 0.240 e. The molecule has 2 unspecified atom stereocenters. The molecule has 2 amide bonds. The summed E-state index contributed by atoms with van der Waals surface area (Å²) in [5.41, 5.74) is 2.64. The van der Waals surface area contributed by atoms with Gasteiger partial charge in [0, 0.05) is 17.8 Å². The van der Waals surface area contributed by atoms with Crippen molar-refractivity contribution < 1.29 is 19.1 Å². The van der Waals surface area contributed by atoms with E-state index in [1.54, 1.807) is 6.07 Å². The van der Waals surface area contributed by atoms with E-state index in [2.05, 4.69) is 4.90 Å². The minimum atomic E-state index is -0.393. The van der Waals surface area contributed by atoms with Gasteiger partial charge in [0.1, 0.15) is 5.75 Å². The van der Waals surface area contributed by atoms with E-state index in [0.717, 1.165) is 17.0 Å². The normalized spacial score (nSPS) is 29.9. The van der Waals surface area contributed by atoms with Crippen LogP contribution in [0.3, 0.4) is 0 Å². The van der Waals surface area contributed by atoms with Crippen molar-refractivity contribution >= 4 is 23.2 Å². The predicted molar refractivity (Wildman–Crippen MR) is 102 cm³/mol. The van der Waals surface area contributed by atoms with Gasteiger partial charge in [0.05, 0.1) is 29.7 Å². The van der Waals surface area contributed by atoms with Gasteiger partial charge in [0.2, 0.25) is 11.8 Å². The minimum absolute atomic E-state index is 0.163. The molecule has 2 bridgehead atoms. The Kier molecular flexibility index (Phi) is 3.23. The maximum atomic E-state index is 13.0. The van der Waals surface area contributed by atoms with Gasteiger partial charge in [-0.05, 0) is 30.3 Å². The van der Waals surface area contributed by atoms with Crippen LogP contribution in [0.15, 0.2) is 60.7 Å². The molecule has 2 fully saturated rings. The summed E-state index contributed by atoms with van der Waals surface area (Å²) in [7, 11) is 0. The fourth-order valence-corrected chi connectivity index (χ4v) is 4.73. The number of amides is 2. The number of benzene rings is 2. The summed E-state index contributed by atoms with van der Waals surface area (Å²) < 4.78 is 11.6. The number of anilines is 2. The van der Waals surface area contributed by atoms with Crippen LogP contribution < -0.4 is 14.5 Å². The quantitative estimate of drug-likeness (QED) is 0.597. The van der Waals surface area contributed by atoms with E-state index < -0.39 is 11.8 Å². The Bertz CT molecular complexity index is 988. The molecular formula is C22H18N2O4. The predicted octanol–water partition coefficient (Wildman–Crippen LogP) is 2.49. The summed E-state index contributed by atoms with van der Waals surface area (Å²) in [6.45, 7) is 1.13. The number of fused-ring (bicyclic) bond motifs is 6. The van der Waals surface area contributed by atoms with E-state index in [-0.39, 0.29) is 24.0 Å². The highest BCUT2D eigenvalue weighted by Crippen LogP contribution is 2.46. The molecule has 2 aromatic rings. The first-order valence-electron chi connectivity index (χ1n) is 9.48. The van der Waals surface area contributed by atoms with Gasteiger partial charge < -0.3 is 14.4 Å². The summed E-state index contributed by atoms with van der Waals surface area (Å²) in [5, 5.41) is 0. The molecule has 0 radical (unpaired) electrons. The lowest BCUT2D eigenvalue weighted by molar-refractivity contribution is -0.124. The second kappa shape index (κ2) is 5.69. The van der Waals surface area contributed by atoms with Gasteiger partial charge in [-0.15, -0.1) is 0 Å². The van der Waals surface area contributed by atoms with Gasteiger partial charge in [0.15, 0.2) is 6.73 Å². The van der Waals surface area contributed by atoms with Crippen LogP contribution in [0.25, 0.3) is 0 Å². The number of nitrogens with zero attached hydrogens (tertiary/aromatic N) is 2. The zero-order valence-electron chi connectivity index (χ0n) is 15.0. The van der Waals surface area contributed by atoms with Crippen molar-refractivity contribution in [3.8, 4) is 5.75 Å². The average Bonchev–Trinajstić information content (AvgIpc) is 3.42. The summed E-state index contributed by atoms with van der Waals surface area (Å²) in [5.74, 6) is -0.321. The van der Waals surface area contributed by atoms with Crippen molar-refractivity contribution in [3.05, 3.63) is 66.2 Å². The van der Waals surface area contributed by atoms with Crippen LogP contribution in [0, 0.1) is 11.8 Å². The largest absolute Gasteiger partial charge is 0.473 e. The van der Waals surface area contributed by atoms with Crippen LogP contribution in [-0.4, -0.2) is 30.8 Å². The van der Waals surface area contributed by atoms with Crippen LogP contribution >= 0.6 is 0 Å². The molecule has 0 N–H and O–H groups in total. The number of carbonyl (C=O) groups excluding carboxylic acids is 2. The first-order valence-corrected chi connectivity index (χ1v) is 9.48. The standard InChI is InChI=1S/C22H18N2O4/c25-21-19-17-8-9-18(28-17)20(19)22(26)24(21)15-6-7-16-13(10-15)11-23(12-27-16)14-4-2-1-3-5-14/h1-10,17-20H,11-12H2/t17-,18+,19?,20?. The first kappa shape index (κ1) is 15.9. The minimum Gasteiger partial charge on any atom is -0.473 e. The van der Waals surface area contributed by atoms with E-state index in [4.69, 9.17) is 9.47 Å². The Hall–Kier alpha value is -3.12. The lowest BCUT2D eigenvalue weighted by atomic mass is 9.85. The monoisotopic (exact) mass is 374 g/mol. The number of hydrogen-bond donors (Lipinski definition) is 0. The molecule has 0 aromatic heterocycles. The fourth-order valence-electron chi connectivity index (χ4n) is 4.73. The molecule has 2 saturated heterocycles. The maximum Gasteiger partial charge on any atom is 0.240 e. The third-order valence-corrected chi connectivity index (χ3v) is 6.07. The molecular weight excluding hydrogens is 356 g/mol. The zero-order chi connectivity index (χ0) is 18.8. The SMILES string of the molecule is O=C1C2C(C(=O)N1c1ccc3c(c1)CN(c1ccccc1)CO3)[C@H]1C=C[C@@H]2O1. The molecule has 2 aromatic carbocycles. The van der Waals surface area contributed by atoms with E-state index >= 15 is 0 Å².